The van der Waals surface area contributed by atoms with Gasteiger partial charge in [0.2, 0.25) is 10.9 Å². The molecule has 0 spiro atoms. The van der Waals surface area contributed by atoms with Gasteiger partial charge in [0, 0.05) is 36.7 Å². The lowest BCUT2D eigenvalue weighted by Gasteiger charge is -2.10. The molecular weight excluding hydrogens is 388 g/mol. The molecule has 1 aliphatic rings. The molecule has 0 saturated carbocycles. The van der Waals surface area contributed by atoms with E-state index in [0.717, 1.165) is 24.5 Å². The smallest absolute Gasteiger partial charge is 0.286 e. The molecule has 1 saturated heterocycles. The summed E-state index contributed by atoms with van der Waals surface area (Å²) in [6, 6.07) is 6.90. The average molecular weight is 409 g/mol. The second-order valence-electron chi connectivity index (χ2n) is 6.26. The van der Waals surface area contributed by atoms with Gasteiger partial charge in [0.1, 0.15) is 5.01 Å². The van der Waals surface area contributed by atoms with Crippen molar-refractivity contribution in [1.29, 1.82) is 0 Å². The number of nitrogens with zero attached hydrogens (tertiary/aromatic N) is 2. The van der Waals surface area contributed by atoms with Crippen LogP contribution in [0.25, 0.3) is 0 Å². The van der Waals surface area contributed by atoms with E-state index in [1.54, 1.807) is 24.3 Å². The third-order valence-corrected chi connectivity index (χ3v) is 5.31. The normalized spacial score (nSPS) is 16.3. The number of ether oxygens (including phenoxy) is 1. The van der Waals surface area contributed by atoms with Crippen molar-refractivity contribution in [2.24, 2.45) is 0 Å². The molecule has 1 aromatic heterocycles. The summed E-state index contributed by atoms with van der Waals surface area (Å²) in [5.41, 5.74) is 0.604. The van der Waals surface area contributed by atoms with Crippen molar-refractivity contribution in [3.63, 3.8) is 0 Å². The summed E-state index contributed by atoms with van der Waals surface area (Å²) < 4.78 is 5.47. The molecule has 1 aliphatic heterocycles. The van der Waals surface area contributed by atoms with Crippen molar-refractivity contribution in [2.45, 2.75) is 38.2 Å². The second kappa shape index (κ2) is 9.77. The fourth-order valence-corrected chi connectivity index (χ4v) is 3.69. The lowest BCUT2D eigenvalue weighted by molar-refractivity contribution is -0.121. The van der Waals surface area contributed by atoms with Crippen molar-refractivity contribution in [3.05, 3.63) is 39.3 Å². The van der Waals surface area contributed by atoms with Crippen molar-refractivity contribution < 1.29 is 14.3 Å². The van der Waals surface area contributed by atoms with Gasteiger partial charge in [0.15, 0.2) is 0 Å². The molecule has 1 fully saturated rings. The minimum atomic E-state index is -0.324. The Morgan fingerprint density at radius 1 is 1.33 bits per heavy atom. The summed E-state index contributed by atoms with van der Waals surface area (Å²) in [5, 5.41) is 15.2. The van der Waals surface area contributed by atoms with Crippen LogP contribution in [0.5, 0.6) is 0 Å². The van der Waals surface area contributed by atoms with Crippen LogP contribution in [0, 0.1) is 0 Å². The summed E-state index contributed by atoms with van der Waals surface area (Å²) in [6.45, 7) is 1.36. The Bertz CT molecular complexity index is 792. The van der Waals surface area contributed by atoms with Crippen LogP contribution in [0.1, 0.15) is 40.5 Å². The van der Waals surface area contributed by atoms with Crippen LogP contribution in [0.2, 0.25) is 5.02 Å². The Kier molecular flexibility index (Phi) is 7.14. The molecule has 2 heterocycles. The minimum absolute atomic E-state index is 0.00828. The molecule has 0 unspecified atom stereocenters. The number of anilines is 1. The molecule has 144 valence electrons. The number of hydrogen-bond donors (Lipinski definition) is 2. The third kappa shape index (κ3) is 6.27. The lowest BCUT2D eigenvalue weighted by atomic mass is 10.2. The first-order valence-electron chi connectivity index (χ1n) is 8.88. The molecule has 2 amide bonds. The summed E-state index contributed by atoms with van der Waals surface area (Å²) in [6.07, 6.45) is 3.89. The highest BCUT2D eigenvalue weighted by molar-refractivity contribution is 7.13. The Morgan fingerprint density at radius 3 is 3.00 bits per heavy atom. The minimum Gasteiger partial charge on any atom is -0.376 e. The summed E-state index contributed by atoms with van der Waals surface area (Å²) in [4.78, 5) is 24.1. The van der Waals surface area contributed by atoms with Gasteiger partial charge in [-0.2, -0.15) is 0 Å². The topological polar surface area (TPSA) is 93.2 Å². The molecule has 0 bridgehead atoms. The zero-order valence-electron chi connectivity index (χ0n) is 14.7. The SMILES string of the molecule is O=C(CCCc1nnc(C(=O)Nc2cccc(Cl)c2)s1)NC[C@@H]1CCCO1. The lowest BCUT2D eigenvalue weighted by Crippen LogP contribution is -2.31. The second-order valence-corrected chi connectivity index (χ2v) is 7.76. The molecule has 1 atom stereocenters. The van der Waals surface area contributed by atoms with E-state index in [-0.39, 0.29) is 22.9 Å². The van der Waals surface area contributed by atoms with Gasteiger partial charge in [0.25, 0.3) is 5.91 Å². The summed E-state index contributed by atoms with van der Waals surface area (Å²) in [7, 11) is 0. The number of aryl methyl sites for hydroxylation is 1. The van der Waals surface area contributed by atoms with E-state index in [4.69, 9.17) is 16.3 Å². The highest BCUT2D eigenvalue weighted by Crippen LogP contribution is 2.18. The number of nitrogens with one attached hydrogen (secondary N) is 2. The van der Waals surface area contributed by atoms with Crippen molar-refractivity contribution in [2.75, 3.05) is 18.5 Å². The number of hydrogen-bond acceptors (Lipinski definition) is 6. The van der Waals surface area contributed by atoms with Gasteiger partial charge in [-0.3, -0.25) is 9.59 Å². The van der Waals surface area contributed by atoms with Gasteiger partial charge in [0.05, 0.1) is 6.10 Å². The molecule has 3 rings (SSSR count). The zero-order valence-corrected chi connectivity index (χ0v) is 16.3. The number of halogens is 1. The Morgan fingerprint density at radius 2 is 2.22 bits per heavy atom. The van der Waals surface area contributed by atoms with Crippen LogP contribution in [-0.4, -0.2) is 41.3 Å². The van der Waals surface area contributed by atoms with Gasteiger partial charge in [-0.1, -0.05) is 29.0 Å². The van der Waals surface area contributed by atoms with Crippen LogP contribution in [0.15, 0.2) is 24.3 Å². The number of amides is 2. The van der Waals surface area contributed by atoms with E-state index in [1.165, 1.54) is 11.3 Å². The number of benzene rings is 1. The molecule has 2 N–H and O–H groups in total. The molecule has 0 aliphatic carbocycles. The molecule has 27 heavy (non-hydrogen) atoms. The largest absolute Gasteiger partial charge is 0.376 e. The van der Waals surface area contributed by atoms with Gasteiger partial charge in [-0.05, 0) is 37.5 Å². The van der Waals surface area contributed by atoms with Crippen molar-refractivity contribution in [3.8, 4) is 0 Å². The van der Waals surface area contributed by atoms with E-state index in [0.29, 0.717) is 36.5 Å². The maximum atomic E-state index is 12.2. The van der Waals surface area contributed by atoms with Crippen LogP contribution in [0.3, 0.4) is 0 Å². The van der Waals surface area contributed by atoms with Crippen LogP contribution in [0.4, 0.5) is 5.69 Å². The average Bonchev–Trinajstić information content (AvgIpc) is 3.32. The zero-order chi connectivity index (χ0) is 19.1. The van der Waals surface area contributed by atoms with E-state index in [2.05, 4.69) is 20.8 Å². The molecule has 7 nitrogen and oxygen atoms in total. The standard InChI is InChI=1S/C18H21ClN4O3S/c19-12-4-1-5-13(10-12)21-17(25)18-23-22-16(27-18)8-2-7-15(24)20-11-14-6-3-9-26-14/h1,4-5,10,14H,2-3,6-9,11H2,(H,20,24)(H,21,25)/t14-/m0/s1. The quantitative estimate of drug-likeness (QED) is 0.700. The van der Waals surface area contributed by atoms with Crippen LogP contribution in [-0.2, 0) is 16.0 Å². The predicted octanol–water partition coefficient (Wildman–Crippen LogP) is 3.06. The predicted molar refractivity (Wildman–Crippen MR) is 104 cm³/mol. The first-order valence-corrected chi connectivity index (χ1v) is 10.1. The molecule has 9 heteroatoms. The highest BCUT2D eigenvalue weighted by Gasteiger charge is 2.16. The Labute approximate surface area is 166 Å². The fraction of sp³-hybridized carbons (Fsp3) is 0.444. The highest BCUT2D eigenvalue weighted by atomic mass is 35.5. The maximum Gasteiger partial charge on any atom is 0.286 e. The monoisotopic (exact) mass is 408 g/mol. The van der Waals surface area contributed by atoms with Gasteiger partial charge >= 0.3 is 0 Å². The number of carbonyl (C=O) groups is 2. The van der Waals surface area contributed by atoms with E-state index < -0.39 is 0 Å². The van der Waals surface area contributed by atoms with Crippen molar-refractivity contribution in [1.82, 2.24) is 15.5 Å². The summed E-state index contributed by atoms with van der Waals surface area (Å²) in [5.74, 6) is -0.315. The number of carbonyl (C=O) groups excluding carboxylic acids is 2. The molecule has 1 aromatic carbocycles. The van der Waals surface area contributed by atoms with E-state index >= 15 is 0 Å². The maximum absolute atomic E-state index is 12.2. The Balaban J connectivity index is 1.39. The number of aromatic nitrogens is 2. The van der Waals surface area contributed by atoms with Gasteiger partial charge in [-0.15, -0.1) is 10.2 Å². The summed E-state index contributed by atoms with van der Waals surface area (Å²) >= 11 is 7.14. The van der Waals surface area contributed by atoms with Crippen molar-refractivity contribution >= 4 is 40.4 Å². The van der Waals surface area contributed by atoms with Crippen LogP contribution < -0.4 is 10.6 Å². The Hall–Kier alpha value is -2.03. The molecular formula is C18H21ClN4O3S. The van der Waals surface area contributed by atoms with E-state index in [9.17, 15) is 9.59 Å². The van der Waals surface area contributed by atoms with Gasteiger partial charge < -0.3 is 15.4 Å². The third-order valence-electron chi connectivity index (χ3n) is 4.09. The first-order chi connectivity index (χ1) is 13.1. The molecule has 0 radical (unpaired) electrons. The molecule has 2 aromatic rings. The first kappa shape index (κ1) is 19.7. The fourth-order valence-electron chi connectivity index (χ4n) is 2.72. The van der Waals surface area contributed by atoms with Crippen LogP contribution >= 0.6 is 22.9 Å². The van der Waals surface area contributed by atoms with E-state index in [1.807, 2.05) is 0 Å². The number of rotatable bonds is 8. The van der Waals surface area contributed by atoms with Gasteiger partial charge in [-0.25, -0.2) is 0 Å².